The Morgan fingerprint density at radius 2 is 2.40 bits per heavy atom. The van der Waals surface area contributed by atoms with E-state index in [1.54, 1.807) is 0 Å². The van der Waals surface area contributed by atoms with E-state index in [4.69, 9.17) is 5.73 Å². The summed E-state index contributed by atoms with van der Waals surface area (Å²) in [5.74, 6) is 1.06. The summed E-state index contributed by atoms with van der Waals surface area (Å²) >= 11 is 0. The lowest BCUT2D eigenvalue weighted by molar-refractivity contribution is -0.130. The molecule has 1 saturated heterocycles. The maximum Gasteiger partial charge on any atom is 0.223 e. The van der Waals surface area contributed by atoms with E-state index in [1.165, 1.54) is 0 Å². The van der Waals surface area contributed by atoms with Crippen molar-refractivity contribution >= 4 is 16.9 Å². The van der Waals surface area contributed by atoms with Crippen LogP contribution in [-0.2, 0) is 11.2 Å². The summed E-state index contributed by atoms with van der Waals surface area (Å²) in [6.45, 7) is 3.53. The van der Waals surface area contributed by atoms with Crippen molar-refractivity contribution in [1.29, 1.82) is 0 Å². The molecule has 5 heteroatoms. The van der Waals surface area contributed by atoms with Gasteiger partial charge in [-0.1, -0.05) is 12.1 Å². The monoisotopic (exact) mass is 272 g/mol. The summed E-state index contributed by atoms with van der Waals surface area (Å²) in [7, 11) is 0. The highest BCUT2D eigenvalue weighted by molar-refractivity contribution is 5.79. The third-order valence-corrected chi connectivity index (χ3v) is 3.92. The number of H-pyrrole nitrogens is 1. The van der Waals surface area contributed by atoms with Crippen LogP contribution in [0.3, 0.4) is 0 Å². The number of carbonyl (C=O) groups is 1. The van der Waals surface area contributed by atoms with Crippen molar-refractivity contribution in [1.82, 2.24) is 14.9 Å². The number of fused-ring (bicyclic) bond motifs is 1. The van der Waals surface area contributed by atoms with Crippen LogP contribution in [0.5, 0.6) is 0 Å². The highest BCUT2D eigenvalue weighted by atomic mass is 16.2. The number of imidazole rings is 1. The average Bonchev–Trinajstić information content (AvgIpc) is 3.03. The van der Waals surface area contributed by atoms with Gasteiger partial charge in [-0.2, -0.15) is 0 Å². The van der Waals surface area contributed by atoms with Crippen molar-refractivity contribution in [3.63, 3.8) is 0 Å². The van der Waals surface area contributed by atoms with E-state index >= 15 is 0 Å². The molecule has 1 aromatic heterocycles. The van der Waals surface area contributed by atoms with Crippen LogP contribution >= 0.6 is 0 Å². The topological polar surface area (TPSA) is 75.0 Å². The quantitative estimate of drug-likeness (QED) is 0.886. The second-order valence-corrected chi connectivity index (χ2v) is 5.54. The number of nitrogens with two attached hydrogens (primary N) is 1. The molecule has 0 unspecified atom stereocenters. The fraction of sp³-hybridized carbons (Fsp3) is 0.467. The third-order valence-electron chi connectivity index (χ3n) is 3.92. The van der Waals surface area contributed by atoms with Gasteiger partial charge in [-0.3, -0.25) is 4.79 Å². The Bertz CT molecular complexity index is 634. The van der Waals surface area contributed by atoms with E-state index in [9.17, 15) is 4.79 Å². The van der Waals surface area contributed by atoms with Crippen molar-refractivity contribution < 1.29 is 4.79 Å². The number of rotatable bonds is 3. The van der Waals surface area contributed by atoms with Crippen LogP contribution in [-0.4, -0.2) is 39.9 Å². The SMILES string of the molecule is Cc1cccc2[nH]c(CCC(=O)N3CC[C@@H](N)C3)nc12. The van der Waals surface area contributed by atoms with Crippen molar-refractivity contribution in [2.75, 3.05) is 13.1 Å². The fourth-order valence-electron chi connectivity index (χ4n) is 2.74. The number of para-hydroxylation sites is 1. The van der Waals surface area contributed by atoms with Crippen LogP contribution in [0.4, 0.5) is 0 Å². The Morgan fingerprint density at radius 3 is 3.10 bits per heavy atom. The zero-order valence-electron chi connectivity index (χ0n) is 11.7. The summed E-state index contributed by atoms with van der Waals surface area (Å²) in [6.07, 6.45) is 2.06. The second kappa shape index (κ2) is 5.25. The smallest absolute Gasteiger partial charge is 0.223 e. The average molecular weight is 272 g/mol. The van der Waals surface area contributed by atoms with Gasteiger partial charge in [0.2, 0.25) is 5.91 Å². The third kappa shape index (κ3) is 2.54. The van der Waals surface area contributed by atoms with Crippen molar-refractivity contribution in [2.45, 2.75) is 32.2 Å². The first-order valence-electron chi connectivity index (χ1n) is 7.11. The minimum absolute atomic E-state index is 0.146. The minimum Gasteiger partial charge on any atom is -0.342 e. The van der Waals surface area contributed by atoms with Gasteiger partial charge in [0.15, 0.2) is 0 Å². The number of nitrogens with one attached hydrogen (secondary N) is 1. The largest absolute Gasteiger partial charge is 0.342 e. The van der Waals surface area contributed by atoms with Crippen LogP contribution < -0.4 is 5.73 Å². The summed E-state index contributed by atoms with van der Waals surface area (Å²) < 4.78 is 0. The van der Waals surface area contributed by atoms with Gasteiger partial charge in [0, 0.05) is 32.0 Å². The standard InChI is InChI=1S/C15H20N4O/c1-10-3-2-4-12-15(10)18-13(17-12)5-6-14(20)19-8-7-11(16)9-19/h2-4,11H,5-9,16H2,1H3,(H,17,18)/t11-/m1/s1. The molecule has 2 heterocycles. The summed E-state index contributed by atoms with van der Waals surface area (Å²) in [4.78, 5) is 21.8. The number of amides is 1. The van der Waals surface area contributed by atoms with Gasteiger partial charge in [0.1, 0.15) is 5.82 Å². The summed E-state index contributed by atoms with van der Waals surface area (Å²) in [5.41, 5.74) is 9.02. The molecule has 0 spiro atoms. The Morgan fingerprint density at radius 1 is 1.55 bits per heavy atom. The first-order valence-corrected chi connectivity index (χ1v) is 7.11. The van der Waals surface area contributed by atoms with E-state index in [0.29, 0.717) is 19.4 Å². The number of hydrogen-bond donors (Lipinski definition) is 2. The van der Waals surface area contributed by atoms with Gasteiger partial charge < -0.3 is 15.6 Å². The Balaban J connectivity index is 1.65. The minimum atomic E-state index is 0.146. The van der Waals surface area contributed by atoms with Crippen molar-refractivity contribution in [3.8, 4) is 0 Å². The van der Waals surface area contributed by atoms with E-state index in [0.717, 1.165) is 35.4 Å². The number of aromatic nitrogens is 2. The van der Waals surface area contributed by atoms with Crippen LogP contribution in [0.15, 0.2) is 18.2 Å². The van der Waals surface area contributed by atoms with Crippen LogP contribution in [0.2, 0.25) is 0 Å². The van der Waals surface area contributed by atoms with Crippen molar-refractivity contribution in [2.24, 2.45) is 5.73 Å². The van der Waals surface area contributed by atoms with Gasteiger partial charge in [0.25, 0.3) is 0 Å². The number of aryl methyl sites for hydroxylation is 2. The first-order chi connectivity index (χ1) is 9.63. The molecule has 0 aliphatic carbocycles. The van der Waals surface area contributed by atoms with Gasteiger partial charge in [0.05, 0.1) is 11.0 Å². The molecule has 0 radical (unpaired) electrons. The van der Waals surface area contributed by atoms with Gasteiger partial charge in [-0.05, 0) is 25.0 Å². The number of nitrogens with zero attached hydrogens (tertiary/aromatic N) is 2. The normalized spacial score (nSPS) is 18.9. The lowest BCUT2D eigenvalue weighted by Crippen LogP contribution is -2.32. The molecule has 3 N–H and O–H groups in total. The fourth-order valence-corrected chi connectivity index (χ4v) is 2.74. The number of aromatic amines is 1. The number of hydrogen-bond acceptors (Lipinski definition) is 3. The highest BCUT2D eigenvalue weighted by Gasteiger charge is 2.23. The highest BCUT2D eigenvalue weighted by Crippen LogP contribution is 2.16. The molecule has 2 aromatic rings. The first kappa shape index (κ1) is 13.1. The van der Waals surface area contributed by atoms with Gasteiger partial charge in [-0.25, -0.2) is 4.98 Å². The molecule has 3 rings (SSSR count). The zero-order valence-corrected chi connectivity index (χ0v) is 11.7. The molecule has 1 aliphatic heterocycles. The molecular formula is C15H20N4O. The number of likely N-dealkylation sites (tertiary alicyclic amines) is 1. The lowest BCUT2D eigenvalue weighted by atomic mass is 10.2. The molecule has 1 atom stereocenters. The maximum absolute atomic E-state index is 12.1. The zero-order chi connectivity index (χ0) is 14.1. The lowest BCUT2D eigenvalue weighted by Gasteiger charge is -2.14. The van der Waals surface area contributed by atoms with Crippen LogP contribution in [0.25, 0.3) is 11.0 Å². The summed E-state index contributed by atoms with van der Waals surface area (Å²) in [6, 6.07) is 6.22. The molecule has 106 valence electrons. The Kier molecular flexibility index (Phi) is 3.44. The maximum atomic E-state index is 12.1. The molecule has 20 heavy (non-hydrogen) atoms. The Labute approximate surface area is 118 Å². The number of benzene rings is 1. The van der Waals surface area contributed by atoms with E-state index in [-0.39, 0.29) is 11.9 Å². The predicted octanol–water partition coefficient (Wildman–Crippen LogP) is 1.36. The molecular weight excluding hydrogens is 252 g/mol. The molecule has 1 fully saturated rings. The predicted molar refractivity (Wildman–Crippen MR) is 78.3 cm³/mol. The van der Waals surface area contributed by atoms with E-state index < -0.39 is 0 Å². The molecule has 0 bridgehead atoms. The Hall–Kier alpha value is -1.88. The number of carbonyl (C=O) groups excluding carboxylic acids is 1. The van der Waals surface area contributed by atoms with E-state index in [1.807, 2.05) is 30.0 Å². The molecule has 1 aromatic carbocycles. The summed E-state index contributed by atoms with van der Waals surface area (Å²) in [5, 5.41) is 0. The molecule has 1 amide bonds. The van der Waals surface area contributed by atoms with Gasteiger partial charge >= 0.3 is 0 Å². The molecule has 5 nitrogen and oxygen atoms in total. The molecule has 1 aliphatic rings. The van der Waals surface area contributed by atoms with E-state index in [2.05, 4.69) is 9.97 Å². The molecule has 0 saturated carbocycles. The van der Waals surface area contributed by atoms with Crippen molar-refractivity contribution in [3.05, 3.63) is 29.6 Å². The van der Waals surface area contributed by atoms with Crippen LogP contribution in [0, 0.1) is 6.92 Å². The van der Waals surface area contributed by atoms with Gasteiger partial charge in [-0.15, -0.1) is 0 Å². The van der Waals surface area contributed by atoms with Crippen LogP contribution in [0.1, 0.15) is 24.2 Å². The second-order valence-electron chi connectivity index (χ2n) is 5.54.